The Labute approximate surface area is 51.0 Å². The highest BCUT2D eigenvalue weighted by atomic mass is 16.3. The van der Waals surface area contributed by atoms with Gasteiger partial charge in [-0.15, -0.1) is 0 Å². The fourth-order valence-electron chi connectivity index (χ4n) is 0.594. The van der Waals surface area contributed by atoms with Crippen LogP contribution in [0.1, 0.15) is 33.1 Å². The van der Waals surface area contributed by atoms with Crippen LogP contribution in [0.2, 0.25) is 0 Å². The number of hydrogen-bond acceptors (Lipinski definition) is 1. The first-order valence-corrected chi connectivity index (χ1v) is 3.19. The first-order valence-electron chi connectivity index (χ1n) is 3.19. The highest BCUT2D eigenvalue weighted by molar-refractivity contribution is 4.88. The van der Waals surface area contributed by atoms with Crippen molar-refractivity contribution in [3.63, 3.8) is 0 Å². The van der Waals surface area contributed by atoms with E-state index < -0.39 is 0 Å². The average molecular weight is 114 g/mol. The Hall–Kier alpha value is -0.460. The van der Waals surface area contributed by atoms with Gasteiger partial charge in [-0.3, -0.25) is 0 Å². The molecule has 48 valence electrons. The fourth-order valence-corrected chi connectivity index (χ4v) is 0.594. The zero-order valence-electron chi connectivity index (χ0n) is 5.65. The minimum atomic E-state index is 0.537. The Morgan fingerprint density at radius 3 is 2.50 bits per heavy atom. The number of allylic oxidation sites excluding steroid dienone is 2. The molecule has 0 unspecified atom stereocenters. The van der Waals surface area contributed by atoms with Gasteiger partial charge in [0.05, 0.1) is 5.76 Å². The maximum Gasteiger partial charge on any atom is 0.0882 e. The van der Waals surface area contributed by atoms with E-state index in [9.17, 15) is 0 Å². The summed E-state index contributed by atoms with van der Waals surface area (Å²) < 4.78 is 0. The van der Waals surface area contributed by atoms with Crippen molar-refractivity contribution in [2.24, 2.45) is 0 Å². The van der Waals surface area contributed by atoms with Crippen LogP contribution in [0, 0.1) is 0 Å². The largest absolute Gasteiger partial charge is 0.513 e. The second kappa shape index (κ2) is 4.69. The van der Waals surface area contributed by atoms with E-state index in [0.29, 0.717) is 5.76 Å². The van der Waals surface area contributed by atoms with Crippen LogP contribution < -0.4 is 0 Å². The van der Waals surface area contributed by atoms with E-state index in [2.05, 4.69) is 6.92 Å². The van der Waals surface area contributed by atoms with E-state index in [4.69, 9.17) is 5.11 Å². The topological polar surface area (TPSA) is 20.2 Å². The van der Waals surface area contributed by atoms with Crippen LogP contribution in [0.5, 0.6) is 0 Å². The molecule has 0 aromatic rings. The molecule has 0 fully saturated rings. The van der Waals surface area contributed by atoms with E-state index >= 15 is 0 Å². The molecule has 0 atom stereocenters. The van der Waals surface area contributed by atoms with Gasteiger partial charge in [-0.25, -0.2) is 0 Å². The molecular weight excluding hydrogens is 100 g/mol. The highest BCUT2D eigenvalue weighted by Gasteiger charge is 1.85. The first-order chi connectivity index (χ1) is 3.81. The lowest BCUT2D eigenvalue weighted by molar-refractivity contribution is 0.384. The minimum absolute atomic E-state index is 0.537. The Balaban J connectivity index is 3.29. The second-order valence-electron chi connectivity index (χ2n) is 1.85. The van der Waals surface area contributed by atoms with Crippen molar-refractivity contribution in [1.82, 2.24) is 0 Å². The molecule has 0 aliphatic heterocycles. The second-order valence-corrected chi connectivity index (χ2v) is 1.85. The van der Waals surface area contributed by atoms with Crippen LogP contribution in [0.25, 0.3) is 0 Å². The van der Waals surface area contributed by atoms with Crippen molar-refractivity contribution in [3.05, 3.63) is 11.8 Å². The molecule has 1 heteroatoms. The molecule has 0 spiro atoms. The zero-order valence-corrected chi connectivity index (χ0v) is 5.65. The normalized spacial score (nSPS) is 12.0. The molecule has 0 bridgehead atoms. The van der Waals surface area contributed by atoms with Crippen molar-refractivity contribution < 1.29 is 5.11 Å². The van der Waals surface area contributed by atoms with Gasteiger partial charge in [0.2, 0.25) is 0 Å². The molecule has 0 aromatic carbocycles. The Bertz CT molecular complexity index is 74.5. The van der Waals surface area contributed by atoms with E-state index in [-0.39, 0.29) is 0 Å². The Morgan fingerprint density at radius 1 is 1.50 bits per heavy atom. The van der Waals surface area contributed by atoms with Crippen LogP contribution in [0.3, 0.4) is 0 Å². The lowest BCUT2D eigenvalue weighted by Crippen LogP contribution is -1.77. The predicted octanol–water partition coefficient (Wildman–Crippen LogP) is 2.64. The maximum atomic E-state index is 8.91. The van der Waals surface area contributed by atoms with Gasteiger partial charge in [0.1, 0.15) is 0 Å². The molecule has 1 N–H and O–H groups in total. The molecule has 1 nitrogen and oxygen atoms in total. The van der Waals surface area contributed by atoms with Gasteiger partial charge < -0.3 is 5.11 Å². The van der Waals surface area contributed by atoms with Crippen LogP contribution in [0.4, 0.5) is 0 Å². The van der Waals surface area contributed by atoms with Gasteiger partial charge >= 0.3 is 0 Å². The predicted molar refractivity (Wildman–Crippen MR) is 35.9 cm³/mol. The third-order valence-electron chi connectivity index (χ3n) is 0.946. The summed E-state index contributed by atoms with van der Waals surface area (Å²) in [7, 11) is 0. The molecule has 0 saturated carbocycles. The summed E-state index contributed by atoms with van der Waals surface area (Å²) in [6.45, 7) is 4.07. The molecule has 0 amide bonds. The third-order valence-corrected chi connectivity index (χ3v) is 0.946. The van der Waals surface area contributed by atoms with Crippen LogP contribution >= 0.6 is 0 Å². The monoisotopic (exact) mass is 114 g/mol. The molecule has 0 radical (unpaired) electrons. The van der Waals surface area contributed by atoms with E-state index in [0.717, 1.165) is 19.3 Å². The smallest absolute Gasteiger partial charge is 0.0882 e. The maximum absolute atomic E-state index is 8.91. The van der Waals surface area contributed by atoms with Gasteiger partial charge in [0.15, 0.2) is 0 Å². The summed E-state index contributed by atoms with van der Waals surface area (Å²) in [5.41, 5.74) is 0. The summed E-state index contributed by atoms with van der Waals surface area (Å²) in [6, 6.07) is 0. The summed E-state index contributed by atoms with van der Waals surface area (Å²) in [4.78, 5) is 0. The van der Waals surface area contributed by atoms with E-state index in [1.807, 2.05) is 13.0 Å². The fraction of sp³-hybridized carbons (Fsp3) is 0.714. The number of aliphatic hydroxyl groups is 1. The lowest BCUT2D eigenvalue weighted by atomic mass is 10.2. The molecule has 0 aliphatic rings. The average Bonchev–Trinajstić information content (AvgIpc) is 1.68. The van der Waals surface area contributed by atoms with Gasteiger partial charge in [0, 0.05) is 6.42 Å². The van der Waals surface area contributed by atoms with Gasteiger partial charge in [-0.05, 0) is 18.9 Å². The number of aliphatic hydroxyl groups excluding tert-OH is 1. The molecule has 0 saturated heterocycles. The molecule has 0 rings (SSSR count). The van der Waals surface area contributed by atoms with Crippen LogP contribution in [-0.2, 0) is 0 Å². The highest BCUT2D eigenvalue weighted by Crippen LogP contribution is 1.99. The van der Waals surface area contributed by atoms with E-state index in [1.54, 1.807) is 0 Å². The van der Waals surface area contributed by atoms with Gasteiger partial charge in [-0.2, -0.15) is 0 Å². The van der Waals surface area contributed by atoms with Crippen LogP contribution in [0.15, 0.2) is 11.8 Å². The quantitative estimate of drug-likeness (QED) is 0.559. The molecular formula is C7H14O. The Kier molecular flexibility index (Phi) is 4.42. The van der Waals surface area contributed by atoms with Crippen molar-refractivity contribution in [2.75, 3.05) is 0 Å². The zero-order chi connectivity index (χ0) is 6.41. The van der Waals surface area contributed by atoms with E-state index in [1.165, 1.54) is 0 Å². The lowest BCUT2D eigenvalue weighted by Gasteiger charge is -1.92. The summed E-state index contributed by atoms with van der Waals surface area (Å²) in [6.07, 6.45) is 4.64. The molecule has 0 heterocycles. The van der Waals surface area contributed by atoms with Gasteiger partial charge in [0.25, 0.3) is 0 Å². The summed E-state index contributed by atoms with van der Waals surface area (Å²) in [5.74, 6) is 0.537. The standard InChI is InChI=1S/C7H14O/c1-3-5-7(8)6-4-2/h5,8H,3-4,6H2,1-2H3. The summed E-state index contributed by atoms with van der Waals surface area (Å²) in [5, 5.41) is 8.91. The Morgan fingerprint density at radius 2 is 2.12 bits per heavy atom. The SMILES string of the molecule is CCC=C(O)CCC. The summed E-state index contributed by atoms with van der Waals surface area (Å²) >= 11 is 0. The van der Waals surface area contributed by atoms with Crippen molar-refractivity contribution in [3.8, 4) is 0 Å². The van der Waals surface area contributed by atoms with Gasteiger partial charge in [-0.1, -0.05) is 13.8 Å². The molecule has 8 heavy (non-hydrogen) atoms. The van der Waals surface area contributed by atoms with Crippen molar-refractivity contribution >= 4 is 0 Å². The molecule has 0 aliphatic carbocycles. The van der Waals surface area contributed by atoms with Crippen LogP contribution in [-0.4, -0.2) is 5.11 Å². The third kappa shape index (κ3) is 3.72. The van der Waals surface area contributed by atoms with Crippen molar-refractivity contribution in [1.29, 1.82) is 0 Å². The number of rotatable bonds is 3. The number of hydrogen-bond donors (Lipinski definition) is 1. The van der Waals surface area contributed by atoms with Crippen molar-refractivity contribution in [2.45, 2.75) is 33.1 Å². The minimum Gasteiger partial charge on any atom is -0.513 e. The molecule has 0 aromatic heterocycles. The first kappa shape index (κ1) is 7.54.